The predicted octanol–water partition coefficient (Wildman–Crippen LogP) is 3.37. The van der Waals surface area contributed by atoms with Crippen molar-refractivity contribution >= 4 is 40.7 Å². The van der Waals surface area contributed by atoms with Gasteiger partial charge in [-0.05, 0) is 42.5 Å². The largest absolute Gasteiger partial charge is 0.482 e. The second-order valence-corrected chi connectivity index (χ2v) is 5.41. The van der Waals surface area contributed by atoms with E-state index < -0.39 is 0 Å². The van der Waals surface area contributed by atoms with Crippen LogP contribution >= 0.6 is 23.2 Å². The van der Waals surface area contributed by atoms with Crippen LogP contribution in [-0.2, 0) is 4.79 Å². The molecule has 0 radical (unpaired) electrons. The van der Waals surface area contributed by atoms with E-state index in [0.717, 1.165) is 0 Å². The number of hydrogen-bond acceptors (Lipinski definition) is 3. The third-order valence-electron chi connectivity index (χ3n) is 2.91. The van der Waals surface area contributed by atoms with Crippen molar-refractivity contribution in [2.45, 2.75) is 0 Å². The number of ether oxygens (including phenoxy) is 1. The Morgan fingerprint density at radius 1 is 1.09 bits per heavy atom. The molecule has 5 nitrogen and oxygen atoms in total. The van der Waals surface area contributed by atoms with Gasteiger partial charge in [0.15, 0.2) is 6.61 Å². The summed E-state index contributed by atoms with van der Waals surface area (Å²) in [6.45, 7) is -0.196. The summed E-state index contributed by atoms with van der Waals surface area (Å²) in [5, 5.41) is 6.01. The summed E-state index contributed by atoms with van der Waals surface area (Å²) in [5.41, 5.74) is 1.07. The van der Waals surface area contributed by atoms with Gasteiger partial charge in [-0.3, -0.25) is 9.59 Å². The van der Waals surface area contributed by atoms with Crippen LogP contribution in [0.4, 0.5) is 5.69 Å². The summed E-state index contributed by atoms with van der Waals surface area (Å²) < 4.78 is 5.34. The molecule has 0 heterocycles. The molecule has 2 aromatic rings. The van der Waals surface area contributed by atoms with Crippen molar-refractivity contribution in [1.29, 1.82) is 0 Å². The van der Waals surface area contributed by atoms with Gasteiger partial charge < -0.3 is 15.4 Å². The molecular formula is C16H14Cl2N2O3. The zero-order valence-corrected chi connectivity index (χ0v) is 13.7. The maximum Gasteiger partial charge on any atom is 0.262 e. The van der Waals surface area contributed by atoms with Gasteiger partial charge >= 0.3 is 0 Å². The van der Waals surface area contributed by atoms with E-state index in [1.807, 2.05) is 0 Å². The molecule has 2 rings (SSSR count). The lowest BCUT2D eigenvalue weighted by atomic mass is 10.2. The first-order chi connectivity index (χ1) is 11.0. The first-order valence-electron chi connectivity index (χ1n) is 6.69. The van der Waals surface area contributed by atoms with Gasteiger partial charge in [-0.2, -0.15) is 0 Å². The average molecular weight is 353 g/mol. The Bertz CT molecular complexity index is 718. The van der Waals surface area contributed by atoms with Gasteiger partial charge in [-0.15, -0.1) is 0 Å². The highest BCUT2D eigenvalue weighted by atomic mass is 35.5. The molecule has 2 aromatic carbocycles. The predicted molar refractivity (Wildman–Crippen MR) is 90.4 cm³/mol. The van der Waals surface area contributed by atoms with Crippen LogP contribution in [-0.4, -0.2) is 25.5 Å². The standard InChI is InChI=1S/C16H14Cl2N2O3/c1-19-16(22)10-2-5-12(6-3-10)20-15(21)9-23-14-7-4-11(17)8-13(14)18/h2-8H,9H2,1H3,(H,19,22)(H,20,21). The van der Waals surface area contributed by atoms with Gasteiger partial charge in [0.2, 0.25) is 0 Å². The van der Waals surface area contributed by atoms with E-state index in [1.54, 1.807) is 43.4 Å². The van der Waals surface area contributed by atoms with Crippen LogP contribution in [0, 0.1) is 0 Å². The third-order valence-corrected chi connectivity index (χ3v) is 3.44. The highest BCUT2D eigenvalue weighted by Gasteiger charge is 2.08. The van der Waals surface area contributed by atoms with Gasteiger partial charge in [0.05, 0.1) is 5.02 Å². The zero-order valence-electron chi connectivity index (χ0n) is 12.2. The second-order valence-electron chi connectivity index (χ2n) is 4.57. The first-order valence-corrected chi connectivity index (χ1v) is 7.45. The smallest absolute Gasteiger partial charge is 0.262 e. The molecule has 23 heavy (non-hydrogen) atoms. The number of halogens is 2. The molecule has 0 saturated carbocycles. The average Bonchev–Trinajstić information content (AvgIpc) is 2.54. The molecule has 0 atom stereocenters. The Hall–Kier alpha value is -2.24. The lowest BCUT2D eigenvalue weighted by molar-refractivity contribution is -0.118. The minimum atomic E-state index is -0.344. The molecule has 7 heteroatoms. The number of anilines is 1. The molecule has 0 aromatic heterocycles. The minimum Gasteiger partial charge on any atom is -0.482 e. The SMILES string of the molecule is CNC(=O)c1ccc(NC(=O)COc2ccc(Cl)cc2Cl)cc1. The van der Waals surface area contributed by atoms with Crippen LogP contribution in [0.5, 0.6) is 5.75 Å². The lowest BCUT2D eigenvalue weighted by Gasteiger charge is -2.09. The van der Waals surface area contributed by atoms with Gasteiger partial charge in [-0.1, -0.05) is 23.2 Å². The van der Waals surface area contributed by atoms with E-state index in [9.17, 15) is 9.59 Å². The van der Waals surface area contributed by atoms with Crippen LogP contribution < -0.4 is 15.4 Å². The number of carbonyl (C=O) groups is 2. The maximum absolute atomic E-state index is 11.9. The molecule has 0 spiro atoms. The summed E-state index contributed by atoms with van der Waals surface area (Å²) >= 11 is 11.7. The highest BCUT2D eigenvalue weighted by Crippen LogP contribution is 2.27. The Labute approximate surface area is 143 Å². The van der Waals surface area contributed by atoms with E-state index in [-0.39, 0.29) is 18.4 Å². The van der Waals surface area contributed by atoms with E-state index in [4.69, 9.17) is 27.9 Å². The van der Waals surface area contributed by atoms with E-state index in [2.05, 4.69) is 10.6 Å². The fourth-order valence-corrected chi connectivity index (χ4v) is 2.24. The quantitative estimate of drug-likeness (QED) is 0.866. The summed E-state index contributed by atoms with van der Waals surface area (Å²) in [6.07, 6.45) is 0. The fourth-order valence-electron chi connectivity index (χ4n) is 1.78. The van der Waals surface area contributed by atoms with Crippen LogP contribution in [0.2, 0.25) is 10.0 Å². The number of rotatable bonds is 5. The monoisotopic (exact) mass is 352 g/mol. The zero-order chi connectivity index (χ0) is 16.8. The molecule has 0 saturated heterocycles. The Morgan fingerprint density at radius 2 is 1.78 bits per heavy atom. The molecule has 0 aliphatic rings. The molecule has 0 bridgehead atoms. The van der Waals surface area contributed by atoms with Gasteiger partial charge in [0.1, 0.15) is 5.75 Å². The van der Waals surface area contributed by atoms with Crippen molar-refractivity contribution in [3.05, 3.63) is 58.1 Å². The molecule has 0 aliphatic heterocycles. The molecule has 2 amide bonds. The van der Waals surface area contributed by atoms with Crippen LogP contribution in [0.1, 0.15) is 10.4 Å². The maximum atomic E-state index is 11.9. The molecule has 120 valence electrons. The van der Waals surface area contributed by atoms with Crippen LogP contribution in [0.15, 0.2) is 42.5 Å². The molecular weight excluding hydrogens is 339 g/mol. The minimum absolute atomic E-state index is 0.191. The third kappa shape index (κ3) is 4.87. The lowest BCUT2D eigenvalue weighted by Crippen LogP contribution is -2.20. The molecule has 0 aliphatic carbocycles. The topological polar surface area (TPSA) is 67.4 Å². The number of benzene rings is 2. The number of hydrogen-bond donors (Lipinski definition) is 2. The number of carbonyl (C=O) groups excluding carboxylic acids is 2. The normalized spacial score (nSPS) is 10.0. The summed E-state index contributed by atoms with van der Waals surface area (Å²) in [7, 11) is 1.55. The first kappa shape index (κ1) is 17.1. The second kappa shape index (κ2) is 7.85. The Kier molecular flexibility index (Phi) is 5.84. The van der Waals surface area contributed by atoms with Gasteiger partial charge in [0.25, 0.3) is 11.8 Å². The van der Waals surface area contributed by atoms with Gasteiger partial charge in [0, 0.05) is 23.3 Å². The van der Waals surface area contributed by atoms with Crippen LogP contribution in [0.3, 0.4) is 0 Å². The van der Waals surface area contributed by atoms with E-state index in [0.29, 0.717) is 27.0 Å². The summed E-state index contributed by atoms with van der Waals surface area (Å²) in [5.74, 6) is -0.159. The summed E-state index contributed by atoms with van der Waals surface area (Å²) in [6, 6.07) is 11.3. The molecule has 0 fully saturated rings. The summed E-state index contributed by atoms with van der Waals surface area (Å²) in [4.78, 5) is 23.3. The Morgan fingerprint density at radius 3 is 2.39 bits per heavy atom. The highest BCUT2D eigenvalue weighted by molar-refractivity contribution is 6.35. The van der Waals surface area contributed by atoms with Crippen molar-refractivity contribution in [3.8, 4) is 5.75 Å². The number of amides is 2. The van der Waals surface area contributed by atoms with Crippen molar-refractivity contribution in [2.75, 3.05) is 19.0 Å². The van der Waals surface area contributed by atoms with Gasteiger partial charge in [-0.25, -0.2) is 0 Å². The number of nitrogens with one attached hydrogen (secondary N) is 2. The van der Waals surface area contributed by atoms with Crippen molar-refractivity contribution in [2.24, 2.45) is 0 Å². The fraction of sp³-hybridized carbons (Fsp3) is 0.125. The van der Waals surface area contributed by atoms with Crippen LogP contribution in [0.25, 0.3) is 0 Å². The van der Waals surface area contributed by atoms with E-state index in [1.165, 1.54) is 6.07 Å². The Balaban J connectivity index is 1.90. The molecule has 2 N–H and O–H groups in total. The van der Waals surface area contributed by atoms with Crippen molar-refractivity contribution < 1.29 is 14.3 Å². The van der Waals surface area contributed by atoms with Crippen molar-refractivity contribution in [3.63, 3.8) is 0 Å². The molecule has 0 unspecified atom stereocenters. The van der Waals surface area contributed by atoms with E-state index >= 15 is 0 Å². The van der Waals surface area contributed by atoms with Crippen molar-refractivity contribution in [1.82, 2.24) is 5.32 Å².